The van der Waals surface area contributed by atoms with E-state index < -0.39 is 5.97 Å². The number of halogens is 1. The lowest BCUT2D eigenvalue weighted by molar-refractivity contribution is 0.0697. The second kappa shape index (κ2) is 10.5. The Morgan fingerprint density at radius 3 is 2.31 bits per heavy atom. The summed E-state index contributed by atoms with van der Waals surface area (Å²) in [6.07, 6.45) is 2.22. The number of oxime groups is 1. The minimum atomic E-state index is -1.05. The summed E-state index contributed by atoms with van der Waals surface area (Å²) in [4.78, 5) is 15.5. The zero-order chi connectivity index (χ0) is 24.9. The van der Waals surface area contributed by atoms with Crippen molar-refractivity contribution in [3.63, 3.8) is 0 Å². The molecule has 0 aliphatic carbocycles. The lowest BCUT2D eigenvalue weighted by atomic mass is 9.83. The minimum absolute atomic E-state index is 0.0393. The van der Waals surface area contributed by atoms with E-state index in [-0.39, 0.29) is 16.5 Å². The monoisotopic (exact) mass is 484 g/mol. The third kappa shape index (κ3) is 5.42. The first-order valence-corrected chi connectivity index (χ1v) is 11.6. The molecule has 0 amide bonds. The SMILES string of the molecule is Cc1cc(/C(CC(c2ccc(-c3ccc(C(=O)O)c(Cl)c3)cc2)c2ccccc2C)=N\O)ccn1. The Hall–Kier alpha value is -3.96. The minimum Gasteiger partial charge on any atom is -0.478 e. The molecule has 4 rings (SSSR count). The van der Waals surface area contributed by atoms with Crippen LogP contribution in [0.5, 0.6) is 0 Å². The fourth-order valence-corrected chi connectivity index (χ4v) is 4.56. The van der Waals surface area contributed by atoms with Crippen LogP contribution in [0.25, 0.3) is 11.1 Å². The van der Waals surface area contributed by atoms with Gasteiger partial charge in [0.1, 0.15) is 0 Å². The molecular weight excluding hydrogens is 460 g/mol. The molecule has 5 nitrogen and oxygen atoms in total. The Kier molecular flexibility index (Phi) is 7.28. The van der Waals surface area contributed by atoms with Gasteiger partial charge in [-0.05, 0) is 65.9 Å². The topological polar surface area (TPSA) is 82.8 Å². The molecule has 4 aromatic rings. The number of hydrogen-bond donors (Lipinski definition) is 2. The number of hydrogen-bond acceptors (Lipinski definition) is 4. The molecule has 1 unspecified atom stereocenters. The van der Waals surface area contributed by atoms with Gasteiger partial charge in [-0.1, -0.05) is 71.4 Å². The molecule has 0 fully saturated rings. The first-order chi connectivity index (χ1) is 16.9. The first kappa shape index (κ1) is 24.2. The largest absolute Gasteiger partial charge is 0.478 e. The van der Waals surface area contributed by atoms with Crippen LogP contribution in [0.3, 0.4) is 0 Å². The van der Waals surface area contributed by atoms with E-state index in [1.54, 1.807) is 18.3 Å². The molecule has 0 spiro atoms. The van der Waals surface area contributed by atoms with Crippen molar-refractivity contribution in [1.82, 2.24) is 4.98 Å². The normalized spacial score (nSPS) is 12.4. The van der Waals surface area contributed by atoms with Crippen LogP contribution in [-0.2, 0) is 0 Å². The smallest absolute Gasteiger partial charge is 0.337 e. The molecule has 1 aromatic heterocycles. The molecule has 2 N–H and O–H groups in total. The average molecular weight is 485 g/mol. The van der Waals surface area contributed by atoms with Gasteiger partial charge >= 0.3 is 5.97 Å². The Balaban J connectivity index is 1.71. The second-order valence-corrected chi connectivity index (χ2v) is 8.87. The van der Waals surface area contributed by atoms with Gasteiger partial charge in [-0.3, -0.25) is 4.98 Å². The van der Waals surface area contributed by atoms with Crippen LogP contribution in [0.4, 0.5) is 0 Å². The molecular formula is C29H25ClN2O3. The zero-order valence-corrected chi connectivity index (χ0v) is 20.2. The number of nitrogens with zero attached hydrogens (tertiary/aromatic N) is 2. The molecule has 1 atom stereocenters. The molecule has 176 valence electrons. The molecule has 3 aromatic carbocycles. The van der Waals surface area contributed by atoms with Gasteiger partial charge in [-0.2, -0.15) is 0 Å². The molecule has 0 saturated heterocycles. The van der Waals surface area contributed by atoms with Gasteiger partial charge in [0.2, 0.25) is 0 Å². The van der Waals surface area contributed by atoms with Crippen LogP contribution in [-0.4, -0.2) is 27.0 Å². The summed E-state index contributed by atoms with van der Waals surface area (Å²) in [7, 11) is 0. The van der Waals surface area contributed by atoms with Crippen LogP contribution >= 0.6 is 11.6 Å². The summed E-state index contributed by atoms with van der Waals surface area (Å²) in [6, 6.07) is 25.0. The van der Waals surface area contributed by atoms with Gasteiger partial charge in [0.25, 0.3) is 0 Å². The summed E-state index contributed by atoms with van der Waals surface area (Å²) in [5, 5.41) is 23.0. The Bertz CT molecular complexity index is 1400. The predicted molar refractivity (Wildman–Crippen MR) is 139 cm³/mol. The van der Waals surface area contributed by atoms with Crippen LogP contribution < -0.4 is 0 Å². The maximum atomic E-state index is 11.3. The third-order valence-corrected chi connectivity index (χ3v) is 6.47. The summed E-state index contributed by atoms with van der Waals surface area (Å²) in [5.41, 5.74) is 7.50. The number of carbonyl (C=O) groups is 1. The Labute approximate surface area is 209 Å². The second-order valence-electron chi connectivity index (χ2n) is 8.47. The summed E-state index contributed by atoms with van der Waals surface area (Å²) >= 11 is 6.17. The lowest BCUT2D eigenvalue weighted by Gasteiger charge is -2.21. The van der Waals surface area contributed by atoms with Gasteiger partial charge in [0.05, 0.1) is 16.3 Å². The van der Waals surface area contributed by atoms with Crippen molar-refractivity contribution in [3.8, 4) is 11.1 Å². The zero-order valence-electron chi connectivity index (χ0n) is 19.4. The van der Waals surface area contributed by atoms with Gasteiger partial charge < -0.3 is 10.3 Å². The first-order valence-electron chi connectivity index (χ1n) is 11.2. The number of aromatic nitrogens is 1. The summed E-state index contributed by atoms with van der Waals surface area (Å²) < 4.78 is 0. The van der Waals surface area contributed by atoms with E-state index in [0.29, 0.717) is 12.1 Å². The van der Waals surface area contributed by atoms with Crippen molar-refractivity contribution in [3.05, 3.63) is 124 Å². The number of carboxylic acids is 1. The standard InChI is InChI=1S/C29H25ClN2O3/c1-18-5-3-4-6-24(18)26(17-28(32-35)23-13-14-31-19(2)15-23)21-9-7-20(8-10-21)22-11-12-25(29(33)34)27(30)16-22/h3-16,26,35H,17H2,1-2H3,(H,33,34)/b32-28-. The highest BCUT2D eigenvalue weighted by molar-refractivity contribution is 6.33. The number of aryl methyl sites for hydroxylation is 2. The Morgan fingerprint density at radius 1 is 0.971 bits per heavy atom. The predicted octanol–water partition coefficient (Wildman–Crippen LogP) is 7.12. The molecule has 35 heavy (non-hydrogen) atoms. The van der Waals surface area contributed by atoms with E-state index in [2.05, 4.69) is 41.3 Å². The molecule has 6 heteroatoms. The maximum absolute atomic E-state index is 11.3. The van der Waals surface area contributed by atoms with Crippen molar-refractivity contribution in [1.29, 1.82) is 0 Å². The number of benzene rings is 3. The highest BCUT2D eigenvalue weighted by atomic mass is 35.5. The molecule has 0 radical (unpaired) electrons. The number of pyridine rings is 1. The fraction of sp³-hybridized carbons (Fsp3) is 0.138. The van der Waals surface area contributed by atoms with Crippen molar-refractivity contribution < 1.29 is 15.1 Å². The van der Waals surface area contributed by atoms with Crippen LogP contribution in [0.15, 0.2) is 90.2 Å². The van der Waals surface area contributed by atoms with E-state index in [4.69, 9.17) is 11.6 Å². The Morgan fingerprint density at radius 2 is 1.69 bits per heavy atom. The van der Waals surface area contributed by atoms with Crippen LogP contribution in [0.1, 0.15) is 50.6 Å². The van der Waals surface area contributed by atoms with E-state index in [9.17, 15) is 15.1 Å². The van der Waals surface area contributed by atoms with E-state index in [1.807, 2.05) is 43.3 Å². The molecule has 0 aliphatic rings. The summed E-state index contributed by atoms with van der Waals surface area (Å²) in [6.45, 7) is 3.99. The van der Waals surface area contributed by atoms with E-state index in [1.165, 1.54) is 6.07 Å². The van der Waals surface area contributed by atoms with Crippen molar-refractivity contribution in [2.75, 3.05) is 0 Å². The molecule has 0 aliphatic heterocycles. The highest BCUT2D eigenvalue weighted by Crippen LogP contribution is 2.34. The fourth-order valence-electron chi connectivity index (χ4n) is 4.30. The van der Waals surface area contributed by atoms with Crippen molar-refractivity contribution in [2.45, 2.75) is 26.2 Å². The average Bonchev–Trinajstić information content (AvgIpc) is 2.85. The van der Waals surface area contributed by atoms with Gasteiger partial charge in [-0.25, -0.2) is 4.79 Å². The van der Waals surface area contributed by atoms with Crippen LogP contribution in [0, 0.1) is 13.8 Å². The van der Waals surface area contributed by atoms with Gasteiger partial charge in [0, 0.05) is 29.8 Å². The molecule has 0 bridgehead atoms. The van der Waals surface area contributed by atoms with Crippen molar-refractivity contribution in [2.24, 2.45) is 5.16 Å². The lowest BCUT2D eigenvalue weighted by Crippen LogP contribution is -2.12. The molecule has 1 heterocycles. The van der Waals surface area contributed by atoms with Crippen molar-refractivity contribution >= 4 is 23.3 Å². The number of aromatic carboxylic acids is 1. The number of carboxylic acid groups (broad SMARTS) is 1. The van der Waals surface area contributed by atoms with E-state index >= 15 is 0 Å². The number of rotatable bonds is 7. The molecule has 0 saturated carbocycles. The maximum Gasteiger partial charge on any atom is 0.337 e. The highest BCUT2D eigenvalue weighted by Gasteiger charge is 2.21. The quantitative estimate of drug-likeness (QED) is 0.166. The van der Waals surface area contributed by atoms with E-state index in [0.717, 1.165) is 39.1 Å². The van der Waals surface area contributed by atoms with Gasteiger partial charge in [-0.15, -0.1) is 0 Å². The van der Waals surface area contributed by atoms with Gasteiger partial charge in [0.15, 0.2) is 0 Å². The van der Waals surface area contributed by atoms with Crippen LogP contribution in [0.2, 0.25) is 5.02 Å². The summed E-state index contributed by atoms with van der Waals surface area (Å²) in [5.74, 6) is -1.09. The third-order valence-electron chi connectivity index (χ3n) is 6.16.